The summed E-state index contributed by atoms with van der Waals surface area (Å²) in [6.45, 7) is 1.74. The second-order valence-corrected chi connectivity index (χ2v) is 8.33. The number of nitrogens with zero attached hydrogens (tertiary/aromatic N) is 1. The first-order valence-electron chi connectivity index (χ1n) is 8.49. The van der Waals surface area contributed by atoms with Crippen molar-refractivity contribution in [1.29, 1.82) is 0 Å². The summed E-state index contributed by atoms with van der Waals surface area (Å²) in [4.78, 5) is 23.6. The van der Waals surface area contributed by atoms with Crippen molar-refractivity contribution in [3.05, 3.63) is 59.8 Å². The number of hydrogen-bond donors (Lipinski definition) is 2. The van der Waals surface area contributed by atoms with Gasteiger partial charge in [-0.25, -0.2) is 17.9 Å². The van der Waals surface area contributed by atoms with Gasteiger partial charge in [-0.2, -0.15) is 0 Å². The van der Waals surface area contributed by atoms with Crippen LogP contribution in [0.15, 0.2) is 59.6 Å². The number of ether oxygens (including phenoxy) is 1. The molecule has 156 valence electrons. The molecule has 0 saturated carbocycles. The van der Waals surface area contributed by atoms with E-state index in [4.69, 9.17) is 11.6 Å². The molecule has 10 heteroatoms. The van der Waals surface area contributed by atoms with Crippen LogP contribution in [0.3, 0.4) is 0 Å². The van der Waals surface area contributed by atoms with Gasteiger partial charge in [0.15, 0.2) is 0 Å². The summed E-state index contributed by atoms with van der Waals surface area (Å²) in [5, 5.41) is 4.27. The lowest BCUT2D eigenvalue weighted by Gasteiger charge is -2.16. The zero-order valence-corrected chi connectivity index (χ0v) is 17.1. The third kappa shape index (κ3) is 4.52. The molecular formula is C19H22ClN3O5S. The van der Waals surface area contributed by atoms with Gasteiger partial charge in [-0.15, -0.1) is 0 Å². The van der Waals surface area contributed by atoms with E-state index in [0.29, 0.717) is 10.7 Å². The van der Waals surface area contributed by atoms with E-state index in [-0.39, 0.29) is 13.7 Å². The lowest BCUT2D eigenvalue weighted by Crippen LogP contribution is -2.30. The van der Waals surface area contributed by atoms with E-state index in [0.717, 1.165) is 18.0 Å². The Morgan fingerprint density at radius 1 is 1.14 bits per heavy atom. The Labute approximate surface area is 175 Å². The fraction of sp³-hybridized carbons (Fsp3) is 0.158. The van der Waals surface area contributed by atoms with Crippen LogP contribution in [0.25, 0.3) is 10.9 Å². The summed E-state index contributed by atoms with van der Waals surface area (Å²) in [7, 11) is -2.99. The summed E-state index contributed by atoms with van der Waals surface area (Å²) in [6, 6.07) is 12.2. The number of hydrogen-bond acceptors (Lipinski definition) is 5. The molecule has 3 rings (SSSR count). The van der Waals surface area contributed by atoms with Crippen LogP contribution < -0.4 is 10.0 Å². The first-order valence-corrected chi connectivity index (χ1v) is 10.3. The lowest BCUT2D eigenvalue weighted by atomic mass is 10.2. The normalized spacial score (nSPS) is 12.4. The molecule has 29 heavy (non-hydrogen) atoms. The minimum absolute atomic E-state index is 0. The zero-order valence-electron chi connectivity index (χ0n) is 15.5. The molecule has 0 saturated heterocycles. The van der Waals surface area contributed by atoms with Crippen LogP contribution in [0.1, 0.15) is 15.8 Å². The van der Waals surface area contributed by atoms with Crippen molar-refractivity contribution in [2.45, 2.75) is 17.9 Å². The van der Waals surface area contributed by atoms with Crippen molar-refractivity contribution >= 4 is 50.2 Å². The van der Waals surface area contributed by atoms with Gasteiger partial charge in [0.25, 0.3) is 10.0 Å². The van der Waals surface area contributed by atoms with Gasteiger partial charge in [0, 0.05) is 19.8 Å². The Balaban J connectivity index is 0.00000240. The molecule has 1 atom stereocenters. The Hall–Kier alpha value is -3.04. The molecule has 0 aliphatic carbocycles. The van der Waals surface area contributed by atoms with E-state index < -0.39 is 22.2 Å². The zero-order chi connectivity index (χ0) is 21.2. The van der Waals surface area contributed by atoms with Crippen molar-refractivity contribution in [3.63, 3.8) is 0 Å². The average molecular weight is 440 g/mol. The minimum Gasteiger partial charge on any atom is -0.452 e. The molecule has 0 aliphatic heterocycles. The number of fused-ring (bicyclic) bond motifs is 1. The third-order valence-corrected chi connectivity index (χ3v) is 5.88. The molecule has 1 aromatic heterocycles. The molecule has 2 aromatic carbocycles. The first-order chi connectivity index (χ1) is 13.7. The summed E-state index contributed by atoms with van der Waals surface area (Å²) in [5.74, 6) is -0.286. The number of carbonyl (C=O) groups is 2. The molecular weight excluding hydrogens is 418 g/mol. The van der Waals surface area contributed by atoms with Crippen LogP contribution in [0, 0.1) is 0 Å². The molecule has 8 nitrogen and oxygen atoms in total. The number of carbonyl (C=O) groups excluding carboxylic acids is 2. The quantitative estimate of drug-likeness (QED) is 0.624. The highest BCUT2D eigenvalue weighted by atomic mass is 35.5. The van der Waals surface area contributed by atoms with E-state index in [2.05, 4.69) is 10.1 Å². The fourth-order valence-corrected chi connectivity index (χ4v) is 3.84. The number of nitrogens with one attached hydrogen (secondary N) is 2. The van der Waals surface area contributed by atoms with Crippen LogP contribution in [0.5, 0.6) is 0 Å². The van der Waals surface area contributed by atoms with Crippen molar-refractivity contribution in [1.82, 2.24) is 9.29 Å². The number of aromatic nitrogens is 1. The predicted octanol–water partition coefficient (Wildman–Crippen LogP) is 4.03. The Bertz CT molecular complexity index is 1180. The third-order valence-electron chi connectivity index (χ3n) is 4.32. The van der Waals surface area contributed by atoms with Gasteiger partial charge in [0.2, 0.25) is 5.91 Å². The topological polar surface area (TPSA) is 106 Å². The molecule has 0 spiro atoms. The van der Waals surface area contributed by atoms with Crippen LogP contribution in [0.4, 0.5) is 10.5 Å². The van der Waals surface area contributed by atoms with Gasteiger partial charge in [-0.3, -0.25) is 4.79 Å². The fourth-order valence-electron chi connectivity index (χ4n) is 2.76. The maximum Gasteiger partial charge on any atom is 0.420 e. The molecule has 2 amide bonds. The summed E-state index contributed by atoms with van der Waals surface area (Å²) >= 11 is 6.06. The van der Waals surface area contributed by atoms with E-state index in [1.807, 2.05) is 12.1 Å². The number of amides is 2. The van der Waals surface area contributed by atoms with Crippen LogP contribution in [-0.2, 0) is 19.6 Å². The smallest absolute Gasteiger partial charge is 0.420 e. The van der Waals surface area contributed by atoms with Crippen molar-refractivity contribution in [2.75, 3.05) is 12.4 Å². The minimum atomic E-state index is -4.05. The van der Waals surface area contributed by atoms with E-state index in [9.17, 15) is 18.0 Å². The monoisotopic (exact) mass is 439 g/mol. The van der Waals surface area contributed by atoms with Gasteiger partial charge in [-0.05, 0) is 54.8 Å². The van der Waals surface area contributed by atoms with E-state index in [1.165, 1.54) is 24.3 Å². The SMILES string of the molecule is COC(=O)NS(=O)(=O)c1ccc(NC(=O)[C@H](C)n2ccc3ccc(Cl)cc32)cc1.[HH].[HH]. The van der Waals surface area contributed by atoms with Gasteiger partial charge in [-0.1, -0.05) is 17.7 Å². The standard InChI is InChI=1S/C19H18ClN3O5S.2H2/c1-12(23-10-9-13-3-4-14(20)11-17(13)23)18(24)21-15-5-7-16(8-6-15)29(26,27)22-19(25)28-2;;/h3-12H,1-2H3,(H,21,24)(H,22,25);2*1H/t12-;;/m0../s1. The summed E-state index contributed by atoms with van der Waals surface area (Å²) < 4.78 is 31.9. The highest BCUT2D eigenvalue weighted by Gasteiger charge is 2.19. The number of methoxy groups -OCH3 is 1. The molecule has 1 heterocycles. The number of sulfonamides is 1. The Morgan fingerprint density at radius 2 is 1.83 bits per heavy atom. The maximum atomic E-state index is 12.6. The van der Waals surface area contributed by atoms with Crippen molar-refractivity contribution < 1.29 is 25.6 Å². The number of anilines is 1. The van der Waals surface area contributed by atoms with E-state index in [1.54, 1.807) is 34.5 Å². The Kier molecular flexibility index (Phi) is 5.81. The molecule has 3 aromatic rings. The second kappa shape index (κ2) is 8.14. The van der Waals surface area contributed by atoms with Gasteiger partial charge >= 0.3 is 6.09 Å². The van der Waals surface area contributed by atoms with Crippen LogP contribution in [-0.4, -0.2) is 32.1 Å². The molecule has 0 unspecified atom stereocenters. The molecule has 0 radical (unpaired) electrons. The first kappa shape index (κ1) is 20.7. The maximum absolute atomic E-state index is 12.6. The highest BCUT2D eigenvalue weighted by molar-refractivity contribution is 7.90. The predicted molar refractivity (Wildman–Crippen MR) is 114 cm³/mol. The summed E-state index contributed by atoms with van der Waals surface area (Å²) in [6.07, 6.45) is 0.717. The number of rotatable bonds is 5. The summed E-state index contributed by atoms with van der Waals surface area (Å²) in [5.41, 5.74) is 1.24. The van der Waals surface area contributed by atoms with Gasteiger partial charge < -0.3 is 14.6 Å². The molecule has 0 bridgehead atoms. The average Bonchev–Trinajstić information content (AvgIpc) is 3.10. The highest BCUT2D eigenvalue weighted by Crippen LogP contribution is 2.24. The van der Waals surface area contributed by atoms with E-state index >= 15 is 0 Å². The van der Waals surface area contributed by atoms with Crippen LogP contribution in [0.2, 0.25) is 5.02 Å². The lowest BCUT2D eigenvalue weighted by molar-refractivity contribution is -0.118. The van der Waals surface area contributed by atoms with Gasteiger partial charge in [0.05, 0.1) is 17.5 Å². The molecule has 0 fully saturated rings. The van der Waals surface area contributed by atoms with Gasteiger partial charge in [0.1, 0.15) is 6.04 Å². The van der Waals surface area contributed by atoms with Crippen LogP contribution >= 0.6 is 11.6 Å². The van der Waals surface area contributed by atoms with Crippen molar-refractivity contribution in [2.24, 2.45) is 0 Å². The number of benzene rings is 2. The second-order valence-electron chi connectivity index (χ2n) is 6.21. The van der Waals surface area contributed by atoms with Crippen molar-refractivity contribution in [3.8, 4) is 0 Å². The molecule has 2 N–H and O–H groups in total. The number of halogens is 1. The molecule has 0 aliphatic rings. The Morgan fingerprint density at radius 3 is 2.48 bits per heavy atom. The largest absolute Gasteiger partial charge is 0.452 e.